The number of halogens is 2. The summed E-state index contributed by atoms with van der Waals surface area (Å²) in [7, 11) is 1.89. The number of nitrogens with zero attached hydrogens (tertiary/aromatic N) is 1. The summed E-state index contributed by atoms with van der Waals surface area (Å²) < 4.78 is 14.2. The molecule has 2 nitrogen and oxygen atoms in total. The lowest BCUT2D eigenvalue weighted by molar-refractivity contribution is 0.442. The Balaban J connectivity index is 0.00000180. The van der Waals surface area contributed by atoms with Crippen molar-refractivity contribution >= 4 is 18.1 Å². The highest BCUT2D eigenvalue weighted by Gasteiger charge is 2.19. The Morgan fingerprint density at radius 1 is 1.42 bits per heavy atom. The largest absolute Gasteiger partial charge is 0.369 e. The summed E-state index contributed by atoms with van der Waals surface area (Å²) in [6.45, 7) is 6.22. The van der Waals surface area contributed by atoms with E-state index >= 15 is 0 Å². The Labute approximate surface area is 121 Å². The Hall–Kier alpha value is -0.800. The number of nitrogens with one attached hydrogen (secondary N) is 1. The van der Waals surface area contributed by atoms with Crippen LogP contribution in [0.3, 0.4) is 0 Å². The molecule has 1 aromatic rings. The van der Waals surface area contributed by atoms with E-state index in [0.29, 0.717) is 5.92 Å². The lowest BCUT2D eigenvalue weighted by atomic mass is 9.99. The van der Waals surface area contributed by atoms with Gasteiger partial charge in [0.25, 0.3) is 0 Å². The first-order chi connectivity index (χ1) is 8.61. The summed E-state index contributed by atoms with van der Waals surface area (Å²) in [5, 5.41) is 3.13. The van der Waals surface area contributed by atoms with Crippen LogP contribution < -0.4 is 10.2 Å². The topological polar surface area (TPSA) is 15.3 Å². The molecule has 0 bridgehead atoms. The maximum absolute atomic E-state index is 14.2. The molecule has 0 radical (unpaired) electrons. The van der Waals surface area contributed by atoms with Crippen molar-refractivity contribution in [2.45, 2.75) is 32.7 Å². The number of hydrogen-bond acceptors (Lipinski definition) is 2. The average Bonchev–Trinajstić information content (AvgIpc) is 2.37. The molecule has 1 aliphatic rings. The lowest BCUT2D eigenvalue weighted by Gasteiger charge is -2.33. The van der Waals surface area contributed by atoms with Crippen molar-refractivity contribution in [3.63, 3.8) is 0 Å². The Morgan fingerprint density at radius 2 is 2.16 bits per heavy atom. The molecule has 1 aliphatic heterocycles. The van der Waals surface area contributed by atoms with E-state index in [9.17, 15) is 4.39 Å². The smallest absolute Gasteiger partial charge is 0.146 e. The fraction of sp³-hybridized carbons (Fsp3) is 0.600. The fourth-order valence-electron chi connectivity index (χ4n) is 2.62. The Bertz CT molecular complexity index is 411. The van der Waals surface area contributed by atoms with E-state index in [1.807, 2.05) is 26.1 Å². The van der Waals surface area contributed by atoms with Crippen molar-refractivity contribution in [3.8, 4) is 0 Å². The van der Waals surface area contributed by atoms with Gasteiger partial charge < -0.3 is 10.2 Å². The summed E-state index contributed by atoms with van der Waals surface area (Å²) in [5.74, 6) is 0.567. The Morgan fingerprint density at radius 3 is 2.74 bits per heavy atom. The predicted octanol–water partition coefficient (Wildman–Crippen LogP) is 3.76. The van der Waals surface area contributed by atoms with Gasteiger partial charge in [0.15, 0.2) is 0 Å². The van der Waals surface area contributed by atoms with Crippen LogP contribution >= 0.6 is 12.4 Å². The van der Waals surface area contributed by atoms with Crippen LogP contribution in [-0.4, -0.2) is 20.1 Å². The second kappa shape index (κ2) is 7.11. The Kier molecular flexibility index (Phi) is 6.08. The van der Waals surface area contributed by atoms with Gasteiger partial charge in [-0.25, -0.2) is 4.39 Å². The van der Waals surface area contributed by atoms with E-state index in [0.717, 1.165) is 30.8 Å². The van der Waals surface area contributed by atoms with E-state index in [1.54, 1.807) is 6.07 Å². The average molecular weight is 287 g/mol. The summed E-state index contributed by atoms with van der Waals surface area (Å²) in [6, 6.07) is 5.80. The zero-order chi connectivity index (χ0) is 13.1. The normalized spacial score (nSPS) is 20.8. The van der Waals surface area contributed by atoms with E-state index in [-0.39, 0.29) is 24.3 Å². The molecular weight excluding hydrogens is 263 g/mol. The molecule has 0 aromatic heterocycles. The van der Waals surface area contributed by atoms with Gasteiger partial charge in [-0.2, -0.15) is 0 Å². The third-order valence-electron chi connectivity index (χ3n) is 3.90. The molecule has 0 saturated carbocycles. The number of piperidine rings is 1. The van der Waals surface area contributed by atoms with Gasteiger partial charge in [0.2, 0.25) is 0 Å². The lowest BCUT2D eigenvalue weighted by Crippen LogP contribution is -2.34. The van der Waals surface area contributed by atoms with Crippen LogP contribution in [0.25, 0.3) is 0 Å². The number of benzene rings is 1. The minimum Gasteiger partial charge on any atom is -0.369 e. The van der Waals surface area contributed by atoms with Gasteiger partial charge in [-0.15, -0.1) is 12.4 Å². The molecule has 0 amide bonds. The summed E-state index contributed by atoms with van der Waals surface area (Å²) in [4.78, 5) is 2.18. The zero-order valence-electron chi connectivity index (χ0n) is 11.9. The number of hydrogen-bond donors (Lipinski definition) is 1. The third kappa shape index (κ3) is 3.83. The van der Waals surface area contributed by atoms with Crippen LogP contribution in [0.2, 0.25) is 0 Å². The molecule has 4 heteroatoms. The predicted molar refractivity (Wildman–Crippen MR) is 81.7 cm³/mol. The van der Waals surface area contributed by atoms with Gasteiger partial charge >= 0.3 is 0 Å². The van der Waals surface area contributed by atoms with Crippen LogP contribution in [0.4, 0.5) is 10.1 Å². The highest BCUT2D eigenvalue weighted by atomic mass is 35.5. The summed E-state index contributed by atoms with van der Waals surface area (Å²) in [6.07, 6.45) is 2.42. The number of anilines is 1. The van der Waals surface area contributed by atoms with Crippen LogP contribution in [0.5, 0.6) is 0 Å². The monoisotopic (exact) mass is 286 g/mol. The minimum absolute atomic E-state index is 0. The molecule has 0 spiro atoms. The first-order valence-electron chi connectivity index (χ1n) is 6.83. The quantitative estimate of drug-likeness (QED) is 0.910. The minimum atomic E-state index is -0.0938. The molecule has 2 unspecified atom stereocenters. The van der Waals surface area contributed by atoms with E-state index in [2.05, 4.69) is 17.1 Å². The van der Waals surface area contributed by atoms with Crippen LogP contribution in [0, 0.1) is 11.7 Å². The van der Waals surface area contributed by atoms with E-state index < -0.39 is 0 Å². The molecular formula is C15H24ClFN2. The second-order valence-electron chi connectivity index (χ2n) is 5.41. The molecule has 1 fully saturated rings. The van der Waals surface area contributed by atoms with Crippen molar-refractivity contribution < 1.29 is 4.39 Å². The summed E-state index contributed by atoms with van der Waals surface area (Å²) in [5.41, 5.74) is 1.76. The second-order valence-corrected chi connectivity index (χ2v) is 5.41. The molecule has 1 heterocycles. The zero-order valence-corrected chi connectivity index (χ0v) is 12.8. The van der Waals surface area contributed by atoms with Crippen molar-refractivity contribution in [2.24, 2.45) is 5.92 Å². The van der Waals surface area contributed by atoms with Gasteiger partial charge in [0, 0.05) is 19.1 Å². The first kappa shape index (κ1) is 16.3. The standard InChI is InChI=1S/C15H23FN2.ClH/c1-11-5-4-8-18(10-11)15-7-6-13(9-14(15)16)12(2)17-3;/h6-7,9,11-12,17H,4-5,8,10H2,1-3H3;1H. The van der Waals surface area contributed by atoms with Crippen LogP contribution in [-0.2, 0) is 0 Å². The van der Waals surface area contributed by atoms with Gasteiger partial charge in [0.1, 0.15) is 5.82 Å². The van der Waals surface area contributed by atoms with Gasteiger partial charge in [-0.3, -0.25) is 0 Å². The molecule has 1 saturated heterocycles. The first-order valence-corrected chi connectivity index (χ1v) is 6.83. The SMILES string of the molecule is CNC(C)c1ccc(N2CCCC(C)C2)c(F)c1.Cl. The molecule has 2 rings (SSSR count). The van der Waals surface area contributed by atoms with Crippen molar-refractivity contribution in [1.82, 2.24) is 5.32 Å². The molecule has 108 valence electrons. The molecule has 2 atom stereocenters. The maximum atomic E-state index is 14.2. The maximum Gasteiger partial charge on any atom is 0.146 e. The van der Waals surface area contributed by atoms with Crippen LogP contribution in [0.15, 0.2) is 18.2 Å². The summed E-state index contributed by atoms with van der Waals surface area (Å²) >= 11 is 0. The van der Waals surface area contributed by atoms with Crippen molar-refractivity contribution in [3.05, 3.63) is 29.6 Å². The molecule has 1 aromatic carbocycles. The third-order valence-corrected chi connectivity index (χ3v) is 3.90. The van der Waals surface area contributed by atoms with Crippen molar-refractivity contribution in [2.75, 3.05) is 25.0 Å². The highest BCUT2D eigenvalue weighted by Crippen LogP contribution is 2.27. The highest BCUT2D eigenvalue weighted by molar-refractivity contribution is 5.85. The van der Waals surface area contributed by atoms with Crippen molar-refractivity contribution in [1.29, 1.82) is 0 Å². The fourth-order valence-corrected chi connectivity index (χ4v) is 2.62. The van der Waals surface area contributed by atoms with Gasteiger partial charge in [0.05, 0.1) is 5.69 Å². The molecule has 0 aliphatic carbocycles. The van der Waals surface area contributed by atoms with Crippen LogP contribution in [0.1, 0.15) is 38.3 Å². The molecule has 1 N–H and O–H groups in total. The van der Waals surface area contributed by atoms with E-state index in [4.69, 9.17) is 0 Å². The van der Waals surface area contributed by atoms with E-state index in [1.165, 1.54) is 6.42 Å². The number of rotatable bonds is 3. The van der Waals surface area contributed by atoms with Gasteiger partial charge in [-0.1, -0.05) is 13.0 Å². The van der Waals surface area contributed by atoms with Gasteiger partial charge in [-0.05, 0) is 50.4 Å². The molecule has 19 heavy (non-hydrogen) atoms.